The van der Waals surface area contributed by atoms with Crippen molar-refractivity contribution in [2.24, 2.45) is 5.41 Å². The van der Waals surface area contributed by atoms with Gasteiger partial charge in [0.05, 0.1) is 0 Å². The van der Waals surface area contributed by atoms with Crippen LogP contribution in [-0.2, 0) is 25.2 Å². The van der Waals surface area contributed by atoms with Gasteiger partial charge in [-0.25, -0.2) is 14.4 Å². The summed E-state index contributed by atoms with van der Waals surface area (Å²) in [5.74, 6) is 0.583. The largest absolute Gasteiger partial charge is 0.444 e. The zero-order valence-corrected chi connectivity index (χ0v) is 44.7. The molecule has 2 aromatic carbocycles. The van der Waals surface area contributed by atoms with Crippen LogP contribution in [-0.4, -0.2) is 158 Å². The molecule has 4 unspecified atom stereocenters. The minimum Gasteiger partial charge on any atom is -0.444 e. The summed E-state index contributed by atoms with van der Waals surface area (Å²) in [6, 6.07) is 18.6. The van der Waals surface area contributed by atoms with Crippen molar-refractivity contribution in [1.82, 2.24) is 29.8 Å². The molecule has 6 saturated heterocycles. The summed E-state index contributed by atoms with van der Waals surface area (Å²) >= 11 is 0. The first-order chi connectivity index (χ1) is 32.6. The first-order valence-corrected chi connectivity index (χ1v) is 26.0. The maximum absolute atomic E-state index is 12.9. The second-order valence-corrected chi connectivity index (χ2v) is 24.2. The Bertz CT molecular complexity index is 2200. The fourth-order valence-corrected chi connectivity index (χ4v) is 13.1. The second-order valence-electron chi connectivity index (χ2n) is 24.2. The van der Waals surface area contributed by atoms with Crippen LogP contribution >= 0.6 is 12.4 Å². The number of Topliss-reactive ketones (excluding diaryl/α,β-unsaturated/α-hetero) is 1. The van der Waals surface area contributed by atoms with Crippen LogP contribution in [0.15, 0.2) is 48.5 Å². The SMILES string of the molecule is CC(C)(C)CC(=O)N1C2CCC1CC(=O)C2.CN(C)C(=O)N1CC2(CCN(C3CC4CCC(C3)N4C(=O)OC(C)(C)C)CC2)c2ccccc21.CN(C)C(=O)N1CC2(CCNCC2)c2ccccc21.Cl. The molecule has 2 aromatic rings. The van der Waals surface area contributed by atoms with Crippen molar-refractivity contribution < 1.29 is 28.7 Å². The van der Waals surface area contributed by atoms with Crippen LogP contribution in [0.2, 0.25) is 0 Å². The van der Waals surface area contributed by atoms with Gasteiger partial charge in [-0.15, -0.1) is 12.4 Å². The lowest BCUT2D eigenvalue weighted by molar-refractivity contribution is -0.140. The number of piperidine rings is 4. The third kappa shape index (κ3) is 11.1. The Morgan fingerprint density at radius 3 is 1.53 bits per heavy atom. The van der Waals surface area contributed by atoms with Crippen LogP contribution in [0.3, 0.4) is 0 Å². The molecular formula is C55H83ClN8O6. The Hall–Kier alpha value is -4.40. The number of likely N-dealkylation sites (tertiary alicyclic amines) is 1. The van der Waals surface area contributed by atoms with Gasteiger partial charge in [0, 0.05) is 113 Å². The van der Waals surface area contributed by atoms with Crippen LogP contribution in [0.5, 0.6) is 0 Å². The normalized spacial score (nSPS) is 26.0. The minimum atomic E-state index is -0.450. The van der Waals surface area contributed by atoms with E-state index in [1.807, 2.05) is 80.7 Å². The number of fused-ring (bicyclic) bond motifs is 8. The summed E-state index contributed by atoms with van der Waals surface area (Å²) in [4.78, 5) is 75.7. The Morgan fingerprint density at radius 2 is 1.09 bits per heavy atom. The number of urea groups is 2. The van der Waals surface area contributed by atoms with Gasteiger partial charge in [-0.1, -0.05) is 57.2 Å². The molecule has 6 fully saturated rings. The molecule has 14 nitrogen and oxygen atoms in total. The third-order valence-electron chi connectivity index (χ3n) is 16.3. The summed E-state index contributed by atoms with van der Waals surface area (Å²) in [6.45, 7) is 17.9. The molecule has 4 bridgehead atoms. The molecule has 10 rings (SSSR count). The Labute approximate surface area is 424 Å². The number of carbonyl (C=O) groups excluding carboxylic acids is 5. The number of carbonyl (C=O) groups is 5. The van der Waals surface area contributed by atoms with Crippen molar-refractivity contribution >= 4 is 53.6 Å². The number of hydrogen-bond acceptors (Lipinski definition) is 8. The number of amides is 6. The lowest BCUT2D eigenvalue weighted by atomic mass is 9.73. The highest BCUT2D eigenvalue weighted by Crippen LogP contribution is 2.49. The minimum absolute atomic E-state index is 0. The summed E-state index contributed by atoms with van der Waals surface area (Å²) in [6.07, 6.45) is 12.3. The molecule has 6 amide bonds. The fourth-order valence-electron chi connectivity index (χ4n) is 13.1. The van der Waals surface area contributed by atoms with E-state index in [-0.39, 0.29) is 64.8 Å². The van der Waals surface area contributed by atoms with Crippen molar-refractivity contribution in [3.63, 3.8) is 0 Å². The molecule has 0 radical (unpaired) electrons. The van der Waals surface area contributed by atoms with E-state index in [9.17, 15) is 24.0 Å². The highest BCUT2D eigenvalue weighted by Gasteiger charge is 2.51. The van der Waals surface area contributed by atoms with Gasteiger partial charge in [0.25, 0.3) is 0 Å². The number of halogens is 1. The number of nitrogens with zero attached hydrogens (tertiary/aromatic N) is 7. The zero-order valence-electron chi connectivity index (χ0n) is 43.9. The standard InChI is InChI=1S/C27H40N4O3.C15H21N3O.C13H21NO2.ClH/c1-26(2,3)34-25(33)31-19-10-11-20(31)17-21(16-19)29-14-12-27(13-15-29)18-30(24(32)28(4)5)23-9-7-6-8-22(23)27;1-17(2)14(19)18-11-15(7-9-16-10-8-15)12-5-3-4-6-13(12)18;1-13(2,3)8-12(16)14-9-4-5-10(14)7-11(15)6-9;/h6-9,19-21H,10-18H2,1-5H3;3-6,16H,7-11H2,1-2H3;9-10H,4-8H2,1-3H3;1H. The highest BCUT2D eigenvalue weighted by atomic mass is 35.5. The number of ether oxygens (including phenoxy) is 1. The molecular weight excluding hydrogens is 904 g/mol. The van der Waals surface area contributed by atoms with E-state index in [2.05, 4.69) is 67.4 Å². The number of hydrogen-bond donors (Lipinski definition) is 1. The average molecular weight is 988 g/mol. The predicted molar refractivity (Wildman–Crippen MR) is 279 cm³/mol. The topological polar surface area (TPSA) is 129 Å². The molecule has 8 aliphatic heterocycles. The van der Waals surface area contributed by atoms with Crippen molar-refractivity contribution in [2.45, 2.75) is 172 Å². The number of ketones is 1. The van der Waals surface area contributed by atoms with Crippen molar-refractivity contribution in [2.75, 3.05) is 77.3 Å². The molecule has 0 aliphatic carbocycles. The van der Waals surface area contributed by atoms with E-state index >= 15 is 0 Å². The molecule has 2 spiro atoms. The van der Waals surface area contributed by atoms with E-state index < -0.39 is 5.60 Å². The lowest BCUT2D eigenvalue weighted by Crippen LogP contribution is -2.56. The van der Waals surface area contributed by atoms with Gasteiger partial charge < -0.3 is 34.6 Å². The van der Waals surface area contributed by atoms with Crippen molar-refractivity contribution in [1.29, 1.82) is 0 Å². The Balaban J connectivity index is 0.000000169. The average Bonchev–Trinajstić information content (AvgIpc) is 3.97. The van der Waals surface area contributed by atoms with Crippen LogP contribution in [0, 0.1) is 5.41 Å². The lowest BCUT2D eigenvalue weighted by Gasteiger charge is -2.47. The van der Waals surface area contributed by atoms with E-state index in [4.69, 9.17) is 4.74 Å². The molecule has 386 valence electrons. The summed E-state index contributed by atoms with van der Waals surface area (Å²) < 4.78 is 5.72. The van der Waals surface area contributed by atoms with E-state index in [0.717, 1.165) is 115 Å². The first-order valence-electron chi connectivity index (χ1n) is 26.0. The van der Waals surface area contributed by atoms with Gasteiger partial charge in [0.2, 0.25) is 5.91 Å². The van der Waals surface area contributed by atoms with Crippen LogP contribution in [0.4, 0.5) is 25.8 Å². The number of nitrogens with one attached hydrogen (secondary N) is 1. The number of benzene rings is 2. The summed E-state index contributed by atoms with van der Waals surface area (Å²) in [5, 5.41) is 3.42. The number of anilines is 2. The van der Waals surface area contributed by atoms with E-state index in [1.165, 1.54) is 11.1 Å². The first kappa shape index (κ1) is 53.4. The summed E-state index contributed by atoms with van der Waals surface area (Å²) in [7, 11) is 7.30. The molecule has 70 heavy (non-hydrogen) atoms. The molecule has 0 aromatic heterocycles. The molecule has 0 saturated carbocycles. The van der Waals surface area contributed by atoms with Crippen molar-refractivity contribution in [3.05, 3.63) is 59.7 Å². The number of rotatable bonds is 2. The van der Waals surface area contributed by atoms with Crippen LogP contribution < -0.4 is 15.1 Å². The predicted octanol–water partition coefficient (Wildman–Crippen LogP) is 8.83. The summed E-state index contributed by atoms with van der Waals surface area (Å²) in [5.41, 5.74) is 4.67. The molecule has 1 N–H and O–H groups in total. The third-order valence-corrected chi connectivity index (χ3v) is 16.3. The fraction of sp³-hybridized carbons (Fsp3) is 0.691. The quantitative estimate of drug-likeness (QED) is 0.316. The second kappa shape index (κ2) is 21.0. The molecule has 15 heteroatoms. The van der Waals surface area contributed by atoms with Gasteiger partial charge in [-0.05, 0) is 140 Å². The Kier molecular flexibility index (Phi) is 16.0. The molecule has 8 aliphatic rings. The van der Waals surface area contributed by atoms with Gasteiger partial charge in [0.1, 0.15) is 11.4 Å². The van der Waals surface area contributed by atoms with Crippen LogP contribution in [0.1, 0.15) is 136 Å². The number of para-hydroxylation sites is 2. The smallest absolute Gasteiger partial charge is 0.410 e. The molecule has 8 heterocycles. The van der Waals surface area contributed by atoms with Gasteiger partial charge in [-0.2, -0.15) is 0 Å². The van der Waals surface area contributed by atoms with Gasteiger partial charge in [0.15, 0.2) is 0 Å². The highest BCUT2D eigenvalue weighted by molar-refractivity contribution is 5.96. The maximum atomic E-state index is 12.9. The van der Waals surface area contributed by atoms with E-state index in [1.54, 1.807) is 9.80 Å². The van der Waals surface area contributed by atoms with Gasteiger partial charge in [-0.3, -0.25) is 19.4 Å². The zero-order chi connectivity index (χ0) is 49.6. The molecule has 4 atom stereocenters. The Morgan fingerprint density at radius 1 is 0.643 bits per heavy atom. The van der Waals surface area contributed by atoms with Crippen molar-refractivity contribution in [3.8, 4) is 0 Å². The monoisotopic (exact) mass is 987 g/mol. The maximum Gasteiger partial charge on any atom is 0.410 e. The van der Waals surface area contributed by atoms with Gasteiger partial charge >= 0.3 is 18.2 Å². The van der Waals surface area contributed by atoms with E-state index in [0.29, 0.717) is 43.2 Å². The van der Waals surface area contributed by atoms with Crippen LogP contribution in [0.25, 0.3) is 0 Å².